The van der Waals surface area contributed by atoms with E-state index in [1.54, 1.807) is 0 Å². The van der Waals surface area contributed by atoms with Crippen molar-refractivity contribution in [2.45, 2.75) is 106 Å². The summed E-state index contributed by atoms with van der Waals surface area (Å²) in [5.41, 5.74) is 3.91. The highest BCUT2D eigenvalue weighted by atomic mass is 31.2. The summed E-state index contributed by atoms with van der Waals surface area (Å²) < 4.78 is 90.3. The number of aliphatic hydroxyl groups excluding tert-OH is 3. The van der Waals surface area contributed by atoms with Crippen molar-refractivity contribution in [3.63, 3.8) is 0 Å². The molecule has 4 aliphatic rings. The van der Waals surface area contributed by atoms with E-state index in [4.69, 9.17) is 51.8 Å². The van der Waals surface area contributed by atoms with Crippen LogP contribution in [0, 0.1) is 6.92 Å². The molecule has 0 bridgehead atoms. The number of aromatic hydroxyl groups is 1. The summed E-state index contributed by atoms with van der Waals surface area (Å²) in [5.74, 6) is -0.339. The first-order valence-corrected chi connectivity index (χ1v) is 28.9. The number of phosphoric ester groups is 2. The van der Waals surface area contributed by atoms with Crippen molar-refractivity contribution < 1.29 is 85.4 Å². The molecule has 4 saturated heterocycles. The Bertz CT molecular complexity index is 3600. The summed E-state index contributed by atoms with van der Waals surface area (Å²) in [6.07, 6.45) is -7.56. The van der Waals surface area contributed by atoms with Crippen LogP contribution in [-0.4, -0.2) is 168 Å². The first-order chi connectivity index (χ1) is 36.4. The highest BCUT2D eigenvalue weighted by molar-refractivity contribution is 7.63. The quantitative estimate of drug-likeness (QED) is 0.0465. The van der Waals surface area contributed by atoms with Gasteiger partial charge in [0.05, 0.1) is 56.0 Å². The third kappa shape index (κ3) is 11.7. The molecule has 5 aromatic heterocycles. The zero-order valence-electron chi connectivity index (χ0n) is 40.6. The van der Waals surface area contributed by atoms with Gasteiger partial charge in [-0.2, -0.15) is 4.98 Å². The second kappa shape index (κ2) is 21.4. The lowest BCUT2D eigenvalue weighted by molar-refractivity contribution is -0.106. The van der Waals surface area contributed by atoms with Crippen LogP contribution in [0.3, 0.4) is 0 Å². The van der Waals surface area contributed by atoms with Crippen molar-refractivity contribution in [2.24, 2.45) is 0 Å². The average Bonchev–Trinajstić information content (AvgIpc) is 4.26. The molecule has 4 fully saturated rings. The predicted molar refractivity (Wildman–Crippen MR) is 264 cm³/mol. The maximum Gasteiger partial charge on any atom is 0.472 e. The van der Waals surface area contributed by atoms with Crippen LogP contribution in [0.25, 0.3) is 27.8 Å². The fraction of sp³-hybridized carbons (Fsp3) is 0.524. The molecule has 6 aromatic rings. The first-order valence-electron chi connectivity index (χ1n) is 23.6. The van der Waals surface area contributed by atoms with E-state index in [-0.39, 0.29) is 65.3 Å². The SMILES string of the molecule is C=P(C)(OCC1OC(n2cnc3c(=O)[nH]c(N)nc32)C[C@H]1OP(=O)(O)OCC1OC(n2ccc3nc4cc(O)ccc4n3c2=O)C[C@H]1OP(=O)(O)OCC1OC(n2cc(C)c(=O)[nH]c2=O)C[C@H]1O)O[C@@H]1CC(O)OC1CO. The largest absolute Gasteiger partial charge is 0.508 e. The van der Waals surface area contributed by atoms with E-state index in [0.717, 1.165) is 9.13 Å². The van der Waals surface area contributed by atoms with Gasteiger partial charge in [0, 0.05) is 56.4 Å². The molecule has 0 saturated carbocycles. The Balaban J connectivity index is 0.874. The van der Waals surface area contributed by atoms with Gasteiger partial charge in [0.2, 0.25) is 5.95 Å². The van der Waals surface area contributed by atoms with Crippen LogP contribution in [0.2, 0.25) is 0 Å². The Morgan fingerprint density at radius 1 is 0.779 bits per heavy atom. The minimum atomic E-state index is -5.26. The topological polar surface area (TPSA) is 432 Å². The van der Waals surface area contributed by atoms with Gasteiger partial charge < -0.3 is 63.9 Å². The smallest absolute Gasteiger partial charge is 0.472 e. The number of phenolic OH excluding ortho intramolecular Hbond substituents is 1. The highest BCUT2D eigenvalue weighted by Gasteiger charge is 2.47. The summed E-state index contributed by atoms with van der Waals surface area (Å²) in [6.45, 7) is 0.475. The van der Waals surface area contributed by atoms with Crippen molar-refractivity contribution in [3.05, 3.63) is 90.2 Å². The maximum absolute atomic E-state index is 14.1. The number of hydrogen-bond donors (Lipinski definition) is 9. The number of ether oxygens (including phenoxy) is 4. The number of phenols is 1. The van der Waals surface area contributed by atoms with Crippen LogP contribution in [0.1, 0.15) is 49.9 Å². The molecule has 10 rings (SSSR count). The van der Waals surface area contributed by atoms with Gasteiger partial charge >= 0.3 is 27.0 Å². The number of imidazole rings is 2. The summed E-state index contributed by atoms with van der Waals surface area (Å²) in [4.78, 5) is 90.9. The average molecular weight is 1140 g/mol. The number of aromatic amines is 2. The Morgan fingerprint density at radius 3 is 2.09 bits per heavy atom. The number of nitrogens with one attached hydrogen (secondary N) is 2. The number of fused-ring (bicyclic) bond motifs is 4. The molecule has 32 nitrogen and oxygen atoms in total. The monoisotopic (exact) mass is 1140 g/mol. The Hall–Kier alpha value is -5.31. The normalized spacial score (nSPS) is 30.1. The molecule has 0 amide bonds. The Kier molecular flexibility index (Phi) is 15.3. The molecule has 10 N–H and O–H groups in total. The van der Waals surface area contributed by atoms with E-state index >= 15 is 0 Å². The van der Waals surface area contributed by atoms with E-state index in [2.05, 4.69) is 31.2 Å². The minimum Gasteiger partial charge on any atom is -0.508 e. The molecule has 4 aliphatic heterocycles. The highest BCUT2D eigenvalue weighted by Crippen LogP contribution is 2.53. The number of aromatic nitrogens is 9. The van der Waals surface area contributed by atoms with Gasteiger partial charge in [0.1, 0.15) is 74.0 Å². The van der Waals surface area contributed by atoms with Crippen LogP contribution in [-0.2, 0) is 55.2 Å². The van der Waals surface area contributed by atoms with E-state index < -0.39 is 146 Å². The zero-order chi connectivity index (χ0) is 54.9. The molecular weight excluding hydrogens is 1090 g/mol. The lowest BCUT2D eigenvalue weighted by Gasteiger charge is -2.28. The lowest BCUT2D eigenvalue weighted by Crippen LogP contribution is -2.33. The number of nitrogens with two attached hydrogens (primary N) is 1. The molecule has 35 heteroatoms. The van der Waals surface area contributed by atoms with Gasteiger partial charge in [-0.25, -0.2) is 33.1 Å². The molecule has 0 aliphatic carbocycles. The van der Waals surface area contributed by atoms with Gasteiger partial charge in [-0.05, 0) is 25.1 Å². The zero-order valence-corrected chi connectivity index (χ0v) is 43.3. The second-order valence-electron chi connectivity index (χ2n) is 18.7. The van der Waals surface area contributed by atoms with Gasteiger partial charge in [-0.3, -0.25) is 51.4 Å². The summed E-state index contributed by atoms with van der Waals surface area (Å²) >= 11 is 0. The van der Waals surface area contributed by atoms with Crippen LogP contribution in [0.15, 0.2) is 62.2 Å². The number of anilines is 1. The van der Waals surface area contributed by atoms with Crippen LogP contribution in [0.5, 0.6) is 5.75 Å². The Labute approximate surface area is 431 Å². The number of hydrogen-bond acceptors (Lipinski definition) is 24. The lowest BCUT2D eigenvalue weighted by atomic mass is 10.2. The number of rotatable bonds is 19. The van der Waals surface area contributed by atoms with E-state index in [0.29, 0.717) is 5.52 Å². The van der Waals surface area contributed by atoms with Gasteiger partial charge in [0.25, 0.3) is 11.1 Å². The number of nitrogen functional groups attached to an aromatic ring is 1. The second-order valence-corrected chi connectivity index (χ2v) is 24.0. The number of H-pyrrole nitrogens is 2. The molecule has 1 aromatic carbocycles. The van der Waals surface area contributed by atoms with Crippen molar-refractivity contribution in [1.29, 1.82) is 0 Å². The first kappa shape index (κ1) is 55.0. The molecular formula is C42H53N10O22P3. The number of aryl methyl sites for hydroxylation is 1. The molecule has 9 heterocycles. The summed E-state index contributed by atoms with van der Waals surface area (Å²) in [6, 6.07) is 5.65. The molecule has 0 radical (unpaired) electrons. The van der Waals surface area contributed by atoms with Crippen molar-refractivity contribution >= 4 is 63.1 Å². The molecule has 418 valence electrons. The minimum absolute atomic E-state index is 0.00412. The van der Waals surface area contributed by atoms with Gasteiger partial charge in [-0.1, -0.05) is 6.30 Å². The maximum atomic E-state index is 14.1. The Morgan fingerprint density at radius 2 is 1.40 bits per heavy atom. The van der Waals surface area contributed by atoms with Crippen LogP contribution >= 0.6 is 23.0 Å². The van der Waals surface area contributed by atoms with Crippen LogP contribution < -0.4 is 28.2 Å². The van der Waals surface area contributed by atoms with Gasteiger partial charge in [0.15, 0.2) is 17.5 Å². The van der Waals surface area contributed by atoms with E-state index in [1.807, 2.05) is 0 Å². The van der Waals surface area contributed by atoms with Crippen molar-refractivity contribution in [2.75, 3.05) is 38.8 Å². The predicted octanol–water partition coefficient (Wildman–Crippen LogP) is -0.433. The number of nitrogens with zero attached hydrogens (tertiary/aromatic N) is 7. The van der Waals surface area contributed by atoms with Gasteiger partial charge in [-0.15, -0.1) is 0 Å². The molecule has 15 atom stereocenters. The number of phosphoric acid groups is 2. The summed E-state index contributed by atoms with van der Waals surface area (Å²) in [5, 5.41) is 40.6. The fourth-order valence-electron chi connectivity index (χ4n) is 9.45. The number of benzene rings is 1. The van der Waals surface area contributed by atoms with E-state index in [1.165, 1.54) is 65.5 Å². The number of aliphatic hydroxyl groups is 3. The van der Waals surface area contributed by atoms with E-state index in [9.17, 15) is 58.5 Å². The molecule has 11 unspecified atom stereocenters. The third-order valence-corrected chi connectivity index (χ3v) is 16.6. The van der Waals surface area contributed by atoms with Crippen molar-refractivity contribution in [1.82, 2.24) is 43.0 Å². The fourth-order valence-corrected chi connectivity index (χ4v) is 12.7. The van der Waals surface area contributed by atoms with Crippen molar-refractivity contribution in [3.8, 4) is 5.75 Å². The molecule has 0 spiro atoms. The summed E-state index contributed by atoms with van der Waals surface area (Å²) in [7, 11) is -13.6. The molecule has 77 heavy (non-hydrogen) atoms. The third-order valence-electron chi connectivity index (χ3n) is 13.1. The standard InChI is InChI=1S/C42H53N10O22P3/c1-19-13-50(41(59)48-38(19)57)32-9-23(55)28(68-32)15-66-76(61,62)73-24-10-33(49-7-6-31-45-21-8-20(54)4-5-22(21)52(31)42(49)60)69-30(24)17-67-77(63,64)74-25-11-34(51-18-44-36-37(51)46-40(43)47-39(36)58)70-29(25)16-65-75(2,3)72-26-12-35(56)71-27(26)14-53/h4-8,13,18,23-30,32-35,53-56H,2,9-12,14-17H2,1,3H3,(H,61,62)(H,63,64)(H,48,57,59)(H3,43,46,47,58)/t23-,24-,25-,26-,27?,28?,29?,30?,32?,33?,34?,35?,75?/m1/s1. The van der Waals surface area contributed by atoms with Crippen LogP contribution in [0.4, 0.5) is 5.95 Å².